The summed E-state index contributed by atoms with van der Waals surface area (Å²) in [5, 5.41) is 3.34. The first-order chi connectivity index (χ1) is 8.65. The van der Waals surface area contributed by atoms with Crippen LogP contribution in [0.25, 0.3) is 0 Å². The van der Waals surface area contributed by atoms with Gasteiger partial charge in [-0.05, 0) is 44.8 Å². The van der Waals surface area contributed by atoms with Crippen LogP contribution in [0.3, 0.4) is 0 Å². The SMILES string of the molecule is Cc1cc(C(C)C)nc(NCCN2CCCC2)n1. The molecule has 1 aliphatic heterocycles. The van der Waals surface area contributed by atoms with Crippen molar-refractivity contribution >= 4 is 5.95 Å². The highest BCUT2D eigenvalue weighted by Gasteiger charge is 2.11. The van der Waals surface area contributed by atoms with E-state index in [-0.39, 0.29) is 0 Å². The van der Waals surface area contributed by atoms with E-state index in [1.807, 2.05) is 6.92 Å². The molecular formula is C14H24N4. The maximum Gasteiger partial charge on any atom is 0.223 e. The van der Waals surface area contributed by atoms with Crippen LogP contribution in [0.4, 0.5) is 5.95 Å². The Labute approximate surface area is 110 Å². The molecule has 2 heterocycles. The van der Waals surface area contributed by atoms with Gasteiger partial charge in [0.1, 0.15) is 0 Å². The predicted molar refractivity (Wildman–Crippen MR) is 75.0 cm³/mol. The number of aryl methyl sites for hydroxylation is 1. The number of nitrogens with one attached hydrogen (secondary N) is 1. The Morgan fingerprint density at radius 1 is 1.28 bits per heavy atom. The van der Waals surface area contributed by atoms with Crippen LogP contribution in [-0.2, 0) is 0 Å². The van der Waals surface area contributed by atoms with Gasteiger partial charge in [0.2, 0.25) is 5.95 Å². The first-order valence-corrected chi connectivity index (χ1v) is 6.97. The van der Waals surface area contributed by atoms with Gasteiger partial charge in [0.05, 0.1) is 0 Å². The molecule has 0 saturated carbocycles. The van der Waals surface area contributed by atoms with Gasteiger partial charge in [0.15, 0.2) is 0 Å². The van der Waals surface area contributed by atoms with Gasteiger partial charge in [0, 0.05) is 24.5 Å². The van der Waals surface area contributed by atoms with Gasteiger partial charge in [-0.15, -0.1) is 0 Å². The average Bonchev–Trinajstić information content (AvgIpc) is 2.81. The van der Waals surface area contributed by atoms with E-state index in [0.29, 0.717) is 5.92 Å². The molecule has 0 bridgehead atoms. The van der Waals surface area contributed by atoms with Gasteiger partial charge in [-0.1, -0.05) is 13.8 Å². The van der Waals surface area contributed by atoms with Crippen LogP contribution in [0, 0.1) is 6.92 Å². The zero-order valence-corrected chi connectivity index (χ0v) is 11.7. The van der Waals surface area contributed by atoms with Crippen molar-refractivity contribution in [3.05, 3.63) is 17.5 Å². The molecule has 4 heteroatoms. The van der Waals surface area contributed by atoms with E-state index in [1.54, 1.807) is 0 Å². The van der Waals surface area contributed by atoms with Crippen molar-refractivity contribution in [3.63, 3.8) is 0 Å². The Morgan fingerprint density at radius 3 is 2.67 bits per heavy atom. The van der Waals surface area contributed by atoms with Crippen molar-refractivity contribution in [1.29, 1.82) is 0 Å². The van der Waals surface area contributed by atoms with Crippen LogP contribution in [0.1, 0.15) is 44.0 Å². The molecule has 0 amide bonds. The molecule has 1 aliphatic rings. The van der Waals surface area contributed by atoms with Gasteiger partial charge in [-0.3, -0.25) is 0 Å². The summed E-state index contributed by atoms with van der Waals surface area (Å²) in [5.41, 5.74) is 2.16. The van der Waals surface area contributed by atoms with E-state index in [4.69, 9.17) is 0 Å². The monoisotopic (exact) mass is 248 g/mol. The third-order valence-corrected chi connectivity index (χ3v) is 3.38. The summed E-state index contributed by atoms with van der Waals surface area (Å²) < 4.78 is 0. The third kappa shape index (κ3) is 3.67. The largest absolute Gasteiger partial charge is 0.353 e. The predicted octanol–water partition coefficient (Wildman–Crippen LogP) is 2.42. The van der Waals surface area contributed by atoms with Crippen molar-refractivity contribution in [2.45, 2.75) is 39.5 Å². The highest BCUT2D eigenvalue weighted by atomic mass is 15.2. The molecule has 1 aromatic rings. The maximum atomic E-state index is 4.56. The Morgan fingerprint density at radius 2 is 2.00 bits per heavy atom. The van der Waals surface area contributed by atoms with E-state index < -0.39 is 0 Å². The van der Waals surface area contributed by atoms with Crippen molar-refractivity contribution in [3.8, 4) is 0 Å². The molecule has 1 saturated heterocycles. The van der Waals surface area contributed by atoms with Crippen LogP contribution < -0.4 is 5.32 Å². The minimum Gasteiger partial charge on any atom is -0.353 e. The lowest BCUT2D eigenvalue weighted by Crippen LogP contribution is -2.26. The second kappa shape index (κ2) is 6.14. The first kappa shape index (κ1) is 13.3. The Kier molecular flexibility index (Phi) is 4.53. The topological polar surface area (TPSA) is 41.1 Å². The van der Waals surface area contributed by atoms with Crippen LogP contribution in [0.2, 0.25) is 0 Å². The number of hydrogen-bond acceptors (Lipinski definition) is 4. The van der Waals surface area contributed by atoms with Crippen molar-refractivity contribution < 1.29 is 0 Å². The molecule has 1 N–H and O–H groups in total. The molecule has 1 aromatic heterocycles. The van der Waals surface area contributed by atoms with Gasteiger partial charge in [0.25, 0.3) is 0 Å². The number of hydrogen-bond donors (Lipinski definition) is 1. The van der Waals surface area contributed by atoms with Crippen LogP contribution in [0.15, 0.2) is 6.07 Å². The number of likely N-dealkylation sites (tertiary alicyclic amines) is 1. The summed E-state index contributed by atoms with van der Waals surface area (Å²) in [6.45, 7) is 10.9. The fourth-order valence-electron chi connectivity index (χ4n) is 2.30. The van der Waals surface area contributed by atoms with E-state index >= 15 is 0 Å². The van der Waals surface area contributed by atoms with Gasteiger partial charge >= 0.3 is 0 Å². The number of nitrogens with zero attached hydrogens (tertiary/aromatic N) is 3. The summed E-state index contributed by atoms with van der Waals surface area (Å²) >= 11 is 0. The quantitative estimate of drug-likeness (QED) is 0.869. The molecule has 2 rings (SSSR count). The molecule has 0 unspecified atom stereocenters. The Bertz CT molecular complexity index is 383. The molecule has 0 spiro atoms. The number of aromatic nitrogens is 2. The molecule has 0 aliphatic carbocycles. The number of anilines is 1. The normalized spacial score (nSPS) is 16.4. The zero-order chi connectivity index (χ0) is 13.0. The fourth-order valence-corrected chi connectivity index (χ4v) is 2.30. The third-order valence-electron chi connectivity index (χ3n) is 3.38. The van der Waals surface area contributed by atoms with Crippen molar-refractivity contribution in [2.24, 2.45) is 0 Å². The molecule has 0 atom stereocenters. The lowest BCUT2D eigenvalue weighted by Gasteiger charge is -2.15. The van der Waals surface area contributed by atoms with E-state index in [1.165, 1.54) is 25.9 Å². The van der Waals surface area contributed by atoms with Gasteiger partial charge in [-0.25, -0.2) is 9.97 Å². The van der Waals surface area contributed by atoms with Gasteiger partial charge < -0.3 is 10.2 Å². The van der Waals surface area contributed by atoms with E-state index in [0.717, 1.165) is 30.4 Å². The average molecular weight is 248 g/mol. The van der Waals surface area contributed by atoms with E-state index in [2.05, 4.69) is 40.1 Å². The Hall–Kier alpha value is -1.16. The summed E-state index contributed by atoms with van der Waals surface area (Å²) in [4.78, 5) is 11.5. The number of rotatable bonds is 5. The highest BCUT2D eigenvalue weighted by molar-refractivity contribution is 5.29. The van der Waals surface area contributed by atoms with E-state index in [9.17, 15) is 0 Å². The lowest BCUT2D eigenvalue weighted by molar-refractivity contribution is 0.352. The maximum absolute atomic E-state index is 4.56. The first-order valence-electron chi connectivity index (χ1n) is 6.97. The molecule has 0 aromatic carbocycles. The molecule has 4 nitrogen and oxygen atoms in total. The standard InChI is InChI=1S/C14H24N4/c1-11(2)13-10-12(3)16-14(17-13)15-6-9-18-7-4-5-8-18/h10-11H,4-9H2,1-3H3,(H,15,16,17). The molecule has 0 radical (unpaired) electrons. The van der Waals surface area contributed by atoms with Crippen LogP contribution in [-0.4, -0.2) is 41.0 Å². The Balaban J connectivity index is 1.88. The van der Waals surface area contributed by atoms with Crippen LogP contribution in [0.5, 0.6) is 0 Å². The summed E-state index contributed by atoms with van der Waals surface area (Å²) in [6.07, 6.45) is 2.69. The van der Waals surface area contributed by atoms with Gasteiger partial charge in [-0.2, -0.15) is 0 Å². The lowest BCUT2D eigenvalue weighted by atomic mass is 10.1. The minimum absolute atomic E-state index is 0.450. The van der Waals surface area contributed by atoms with Crippen molar-refractivity contribution in [2.75, 3.05) is 31.5 Å². The highest BCUT2D eigenvalue weighted by Crippen LogP contribution is 2.14. The van der Waals surface area contributed by atoms with Crippen LogP contribution >= 0.6 is 0 Å². The summed E-state index contributed by atoms with van der Waals surface area (Å²) in [7, 11) is 0. The summed E-state index contributed by atoms with van der Waals surface area (Å²) in [6, 6.07) is 2.07. The molecular weight excluding hydrogens is 224 g/mol. The summed E-state index contributed by atoms with van der Waals surface area (Å²) in [5.74, 6) is 1.23. The zero-order valence-electron chi connectivity index (χ0n) is 11.7. The second-order valence-corrected chi connectivity index (χ2v) is 5.39. The smallest absolute Gasteiger partial charge is 0.223 e. The fraction of sp³-hybridized carbons (Fsp3) is 0.714. The molecule has 100 valence electrons. The second-order valence-electron chi connectivity index (χ2n) is 5.39. The van der Waals surface area contributed by atoms with Crippen molar-refractivity contribution in [1.82, 2.24) is 14.9 Å². The minimum atomic E-state index is 0.450. The molecule has 18 heavy (non-hydrogen) atoms. The molecule has 1 fully saturated rings.